The Morgan fingerprint density at radius 3 is 2.74 bits per heavy atom. The fourth-order valence-electron chi connectivity index (χ4n) is 4.84. The van der Waals surface area contributed by atoms with E-state index in [1.54, 1.807) is 28.5 Å². The molecule has 1 N–H and O–H groups in total. The van der Waals surface area contributed by atoms with Crippen LogP contribution in [0.1, 0.15) is 51.2 Å². The average molecular weight is 435 g/mol. The van der Waals surface area contributed by atoms with Crippen LogP contribution in [0.4, 0.5) is 0 Å². The lowest BCUT2D eigenvalue weighted by Gasteiger charge is -2.27. The van der Waals surface area contributed by atoms with Gasteiger partial charge < -0.3 is 10.0 Å². The largest absolute Gasteiger partial charge is 0.493 e. The minimum Gasteiger partial charge on any atom is -0.493 e. The van der Waals surface area contributed by atoms with Crippen molar-refractivity contribution >= 4 is 17.5 Å². The first kappa shape index (κ1) is 19.5. The van der Waals surface area contributed by atoms with Crippen molar-refractivity contribution in [2.45, 2.75) is 32.4 Å². The van der Waals surface area contributed by atoms with E-state index >= 15 is 0 Å². The van der Waals surface area contributed by atoms with Crippen LogP contribution in [0.3, 0.4) is 0 Å². The van der Waals surface area contributed by atoms with Crippen LogP contribution in [-0.2, 0) is 0 Å². The standard InChI is InChI=1S/C23H19ClN4O3/c1-12-4-3-5-14(8-12)21(29)26-11-16-9-18(26)20-22(30)28(23(31)27(16)20)17-7-6-15(10-25)19(24)13(17)2/h3-8,16,18,30H,9,11H2,1-2H3/t16-,18?/m1/s1. The lowest BCUT2D eigenvalue weighted by atomic mass is 10.1. The minimum absolute atomic E-state index is 0.111. The fraction of sp³-hybridized carbons (Fsp3) is 0.261. The second-order valence-corrected chi connectivity index (χ2v) is 8.49. The third-order valence-electron chi connectivity index (χ3n) is 6.30. The molecule has 3 heterocycles. The highest BCUT2D eigenvalue weighted by Crippen LogP contribution is 2.49. The molecule has 5 rings (SSSR count). The molecule has 2 aromatic carbocycles. The van der Waals surface area contributed by atoms with Crippen molar-refractivity contribution in [2.75, 3.05) is 6.54 Å². The summed E-state index contributed by atoms with van der Waals surface area (Å²) in [5.74, 6) is -0.303. The number of aromatic nitrogens is 2. The molecule has 8 heteroatoms. The van der Waals surface area contributed by atoms with E-state index < -0.39 is 0 Å². The van der Waals surface area contributed by atoms with Crippen LogP contribution >= 0.6 is 11.6 Å². The van der Waals surface area contributed by atoms with Gasteiger partial charge in [0.1, 0.15) is 11.8 Å². The number of imidazole rings is 1. The number of amides is 1. The molecule has 2 bridgehead atoms. The maximum absolute atomic E-state index is 13.2. The van der Waals surface area contributed by atoms with Gasteiger partial charge in [0.05, 0.1) is 28.4 Å². The number of fused-ring (bicyclic) bond motifs is 5. The zero-order valence-electron chi connectivity index (χ0n) is 17.0. The Bertz CT molecular complexity index is 1360. The molecule has 7 nitrogen and oxygen atoms in total. The van der Waals surface area contributed by atoms with Crippen molar-refractivity contribution in [2.24, 2.45) is 0 Å². The lowest BCUT2D eigenvalue weighted by molar-refractivity contribution is 0.0711. The van der Waals surface area contributed by atoms with Gasteiger partial charge in [-0.15, -0.1) is 0 Å². The molecule has 1 unspecified atom stereocenters. The molecule has 31 heavy (non-hydrogen) atoms. The SMILES string of the molecule is Cc1cccc(C(=O)N2C[C@H]3CC2c2c(O)n(-c4ccc(C#N)c(Cl)c4C)c(=O)n23)c1. The highest BCUT2D eigenvalue weighted by Gasteiger charge is 2.49. The van der Waals surface area contributed by atoms with Gasteiger partial charge in [-0.2, -0.15) is 5.26 Å². The molecule has 1 aromatic heterocycles. The van der Waals surface area contributed by atoms with E-state index in [0.29, 0.717) is 41.0 Å². The number of hydrogen-bond donors (Lipinski definition) is 1. The van der Waals surface area contributed by atoms with Gasteiger partial charge in [0.2, 0.25) is 5.88 Å². The summed E-state index contributed by atoms with van der Waals surface area (Å²) in [6.07, 6.45) is 0.601. The van der Waals surface area contributed by atoms with Gasteiger partial charge in [0.15, 0.2) is 0 Å². The van der Waals surface area contributed by atoms with E-state index in [0.717, 1.165) is 5.56 Å². The van der Waals surface area contributed by atoms with Crippen LogP contribution in [0.25, 0.3) is 5.69 Å². The molecule has 0 aliphatic carbocycles. The maximum Gasteiger partial charge on any atom is 0.336 e. The third kappa shape index (κ3) is 2.65. The number of aromatic hydroxyl groups is 1. The van der Waals surface area contributed by atoms with Crippen LogP contribution in [0.2, 0.25) is 5.02 Å². The Morgan fingerprint density at radius 1 is 1.26 bits per heavy atom. The van der Waals surface area contributed by atoms with Gasteiger partial charge in [-0.25, -0.2) is 9.36 Å². The number of rotatable bonds is 2. The molecule has 0 saturated carbocycles. The molecular formula is C23H19ClN4O3. The number of carbonyl (C=O) groups excluding carboxylic acids is 1. The number of halogens is 1. The van der Waals surface area contributed by atoms with Crippen molar-refractivity contribution < 1.29 is 9.90 Å². The van der Waals surface area contributed by atoms with Crippen LogP contribution < -0.4 is 5.69 Å². The molecule has 2 aliphatic rings. The number of hydrogen-bond acceptors (Lipinski definition) is 4. The molecular weight excluding hydrogens is 416 g/mol. The predicted octanol–water partition coefficient (Wildman–Crippen LogP) is 3.63. The van der Waals surface area contributed by atoms with Crippen molar-refractivity contribution in [1.82, 2.24) is 14.0 Å². The number of carbonyl (C=O) groups is 1. The Morgan fingerprint density at radius 2 is 2.03 bits per heavy atom. The van der Waals surface area contributed by atoms with E-state index in [1.165, 1.54) is 10.6 Å². The lowest BCUT2D eigenvalue weighted by Crippen LogP contribution is -2.37. The van der Waals surface area contributed by atoms with Gasteiger partial charge in [0, 0.05) is 12.1 Å². The number of nitrogens with zero attached hydrogens (tertiary/aromatic N) is 4. The number of likely N-dealkylation sites (tertiary alicyclic amines) is 1. The first-order valence-corrected chi connectivity index (χ1v) is 10.3. The van der Waals surface area contributed by atoms with E-state index in [9.17, 15) is 20.0 Å². The fourth-order valence-corrected chi connectivity index (χ4v) is 5.04. The summed E-state index contributed by atoms with van der Waals surface area (Å²) >= 11 is 6.28. The van der Waals surface area contributed by atoms with Crippen LogP contribution in [0.5, 0.6) is 5.88 Å². The van der Waals surface area contributed by atoms with Gasteiger partial charge in [-0.3, -0.25) is 9.36 Å². The van der Waals surface area contributed by atoms with E-state index in [2.05, 4.69) is 0 Å². The maximum atomic E-state index is 13.2. The topological polar surface area (TPSA) is 91.3 Å². The van der Waals surface area contributed by atoms with Gasteiger partial charge in [-0.05, 0) is 50.1 Å². The normalized spacial score (nSPS) is 18.8. The first-order chi connectivity index (χ1) is 14.8. The smallest absolute Gasteiger partial charge is 0.336 e. The zero-order chi connectivity index (χ0) is 22.0. The summed E-state index contributed by atoms with van der Waals surface area (Å²) < 4.78 is 2.81. The average Bonchev–Trinajstić information content (AvgIpc) is 3.41. The van der Waals surface area contributed by atoms with E-state index in [4.69, 9.17) is 11.6 Å². The molecule has 156 valence electrons. The molecule has 0 spiro atoms. The van der Waals surface area contributed by atoms with Crippen molar-refractivity contribution in [1.29, 1.82) is 5.26 Å². The summed E-state index contributed by atoms with van der Waals surface area (Å²) in [6.45, 7) is 4.05. The first-order valence-electron chi connectivity index (χ1n) is 9.96. The highest BCUT2D eigenvalue weighted by molar-refractivity contribution is 6.32. The van der Waals surface area contributed by atoms with Crippen LogP contribution in [-0.4, -0.2) is 31.6 Å². The third-order valence-corrected chi connectivity index (χ3v) is 6.79. The highest BCUT2D eigenvalue weighted by atomic mass is 35.5. The molecule has 1 saturated heterocycles. The molecule has 1 amide bonds. The van der Waals surface area contributed by atoms with Crippen LogP contribution in [0.15, 0.2) is 41.2 Å². The van der Waals surface area contributed by atoms with Crippen LogP contribution in [0, 0.1) is 25.2 Å². The number of aryl methyl sites for hydroxylation is 1. The Balaban J connectivity index is 1.60. The predicted molar refractivity (Wildman–Crippen MR) is 115 cm³/mol. The molecule has 1 fully saturated rings. The van der Waals surface area contributed by atoms with Crippen molar-refractivity contribution in [3.05, 3.63) is 79.9 Å². The Hall–Kier alpha value is -3.50. The molecule has 2 aliphatic heterocycles. The number of nitriles is 1. The van der Waals surface area contributed by atoms with Crippen molar-refractivity contribution in [3.63, 3.8) is 0 Å². The molecule has 0 radical (unpaired) electrons. The number of benzene rings is 2. The quantitative estimate of drug-likeness (QED) is 0.666. The zero-order valence-corrected chi connectivity index (χ0v) is 17.7. The van der Waals surface area contributed by atoms with E-state index in [-0.39, 0.29) is 34.6 Å². The van der Waals surface area contributed by atoms with Gasteiger partial charge in [0.25, 0.3) is 5.91 Å². The Labute approximate surface area is 183 Å². The molecule has 2 atom stereocenters. The molecule has 3 aromatic rings. The Kier molecular flexibility index (Phi) is 4.24. The summed E-state index contributed by atoms with van der Waals surface area (Å²) in [4.78, 5) is 28.1. The van der Waals surface area contributed by atoms with E-state index in [1.807, 2.05) is 31.2 Å². The van der Waals surface area contributed by atoms with Crippen molar-refractivity contribution in [3.8, 4) is 17.6 Å². The minimum atomic E-state index is -0.374. The van der Waals surface area contributed by atoms with Gasteiger partial charge in [-0.1, -0.05) is 29.3 Å². The second kappa shape index (κ2) is 6.76. The van der Waals surface area contributed by atoms with Gasteiger partial charge >= 0.3 is 5.69 Å². The summed E-state index contributed by atoms with van der Waals surface area (Å²) in [5.41, 5.74) is 2.92. The second-order valence-electron chi connectivity index (χ2n) is 8.11. The summed E-state index contributed by atoms with van der Waals surface area (Å²) in [6, 6.07) is 12.0. The summed E-state index contributed by atoms with van der Waals surface area (Å²) in [7, 11) is 0. The monoisotopic (exact) mass is 434 g/mol. The summed E-state index contributed by atoms with van der Waals surface area (Å²) in [5, 5.41) is 20.5.